The van der Waals surface area contributed by atoms with Crippen molar-refractivity contribution in [3.05, 3.63) is 12.3 Å². The molecule has 0 saturated carbocycles. The van der Waals surface area contributed by atoms with E-state index in [0.717, 1.165) is 0 Å². The van der Waals surface area contributed by atoms with Crippen LogP contribution >= 0.6 is 0 Å². The lowest BCUT2D eigenvalue weighted by molar-refractivity contribution is -0.145. The van der Waals surface area contributed by atoms with Crippen LogP contribution in [0.1, 0.15) is 6.92 Å². The number of carboxylic acid groups (broad SMARTS) is 1. The standard InChI is InChI=1S/C3H3N5.C3H6O3/c1-2-4-6-8-7-5-3-1;1-2(4)3(5)6/h1-3H;2,4H,1H3,(H,5,6)/b2-1?,3-1?,4-2?,5-3?,6-4?,7-5?,8-6-,8-7?;. The van der Waals surface area contributed by atoms with Gasteiger partial charge in [-0.1, -0.05) is 0 Å². The van der Waals surface area contributed by atoms with Crippen LogP contribution in [0.3, 0.4) is 0 Å². The lowest BCUT2D eigenvalue weighted by atomic mass is 10.4. The highest BCUT2D eigenvalue weighted by atomic mass is 16.4. The van der Waals surface area contributed by atoms with Gasteiger partial charge in [-0.15, -0.1) is 10.2 Å². The molecule has 0 saturated heterocycles. The van der Waals surface area contributed by atoms with Crippen molar-refractivity contribution >= 4 is 12.2 Å². The minimum absolute atomic E-state index is 1.19. The summed E-state index contributed by atoms with van der Waals surface area (Å²) in [6, 6.07) is 0. The molecule has 0 amide bonds. The summed E-state index contributed by atoms with van der Waals surface area (Å²) in [5.74, 6) is -1.19. The average Bonchev–Trinajstić information content (AvgIpc) is 2.03. The third-order valence-corrected chi connectivity index (χ3v) is 0.846. The predicted octanol–water partition coefficient (Wildman–Crippen LogP) is 0.771. The normalized spacial score (nSPS) is 17.3. The van der Waals surface area contributed by atoms with Crippen molar-refractivity contribution in [1.82, 2.24) is 0 Å². The summed E-state index contributed by atoms with van der Waals surface area (Å²) in [5.41, 5.74) is 0. The Bertz CT molecular complexity index is 225. The lowest BCUT2D eigenvalue weighted by Gasteiger charge is -1.89. The first kappa shape index (κ1) is 12.0. The van der Waals surface area contributed by atoms with Crippen molar-refractivity contribution in [2.45, 2.75) is 13.0 Å². The van der Waals surface area contributed by atoms with Gasteiger partial charge in [-0.3, -0.25) is 0 Å². The molecule has 0 spiro atoms. The number of aliphatic hydroxyl groups excluding tert-OH is 1. The van der Waals surface area contributed by atoms with Gasteiger partial charge in [-0.2, -0.15) is 0 Å². The van der Waals surface area contributed by atoms with E-state index in [1.807, 2.05) is 0 Å². The number of carboxylic acids is 1. The topological polar surface area (TPSA) is 119 Å². The van der Waals surface area contributed by atoms with E-state index in [1.165, 1.54) is 19.3 Å². The first-order valence-corrected chi connectivity index (χ1v) is 3.54. The van der Waals surface area contributed by atoms with E-state index in [9.17, 15) is 4.79 Å². The maximum absolute atomic E-state index is 9.45. The summed E-state index contributed by atoms with van der Waals surface area (Å²) in [6.07, 6.45) is 3.33. The van der Waals surface area contributed by atoms with Crippen LogP contribution < -0.4 is 0 Å². The Labute approximate surface area is 79.4 Å². The van der Waals surface area contributed by atoms with Gasteiger partial charge in [0.05, 0.1) is 12.4 Å². The van der Waals surface area contributed by atoms with E-state index < -0.39 is 12.1 Å². The van der Waals surface area contributed by atoms with Crippen molar-refractivity contribution in [3.63, 3.8) is 0 Å². The summed E-state index contributed by atoms with van der Waals surface area (Å²) in [4.78, 5) is 9.45. The zero-order valence-electron chi connectivity index (χ0n) is 7.35. The molecule has 76 valence electrons. The highest BCUT2D eigenvalue weighted by Crippen LogP contribution is 1.85. The molecule has 2 N–H and O–H groups in total. The minimum atomic E-state index is -1.23. The van der Waals surface area contributed by atoms with Crippen LogP contribution in [0.25, 0.3) is 0 Å². The number of allylic oxidation sites excluding steroid dienone is 1. The van der Waals surface area contributed by atoms with Crippen LogP contribution in [0.15, 0.2) is 38.2 Å². The highest BCUT2D eigenvalue weighted by molar-refractivity contribution is 5.71. The Balaban J connectivity index is 0.000000255. The van der Waals surface area contributed by atoms with Crippen molar-refractivity contribution in [2.75, 3.05) is 0 Å². The van der Waals surface area contributed by atoms with Crippen molar-refractivity contribution in [2.24, 2.45) is 25.9 Å². The molecule has 0 aromatic heterocycles. The van der Waals surface area contributed by atoms with Crippen LogP contribution in [-0.2, 0) is 4.79 Å². The molecule has 0 bridgehead atoms. The third kappa shape index (κ3) is 8.14. The van der Waals surface area contributed by atoms with Crippen LogP contribution in [0.4, 0.5) is 0 Å². The number of hydrogen-bond donors (Lipinski definition) is 2. The summed E-state index contributed by atoms with van der Waals surface area (Å²) in [5, 5.41) is 32.2. The molecular weight excluding hydrogens is 190 g/mol. The fraction of sp³-hybridized carbons (Fsp3) is 0.333. The molecule has 0 aromatic carbocycles. The molecule has 1 aliphatic heterocycles. The van der Waals surface area contributed by atoms with Crippen LogP contribution in [-0.4, -0.2) is 28.5 Å². The van der Waals surface area contributed by atoms with Gasteiger partial charge in [0, 0.05) is 0 Å². The Morgan fingerprint density at radius 2 is 2.00 bits per heavy atom. The van der Waals surface area contributed by atoms with Crippen molar-refractivity contribution < 1.29 is 15.0 Å². The number of aliphatic carboxylic acids is 1. The van der Waals surface area contributed by atoms with E-state index >= 15 is 0 Å². The van der Waals surface area contributed by atoms with Crippen molar-refractivity contribution in [3.8, 4) is 0 Å². The van der Waals surface area contributed by atoms with Gasteiger partial charge in [-0.25, -0.2) is 4.79 Å². The largest absolute Gasteiger partial charge is 0.479 e. The van der Waals surface area contributed by atoms with Crippen LogP contribution in [0.5, 0.6) is 0 Å². The van der Waals surface area contributed by atoms with Crippen LogP contribution in [0.2, 0.25) is 0 Å². The van der Waals surface area contributed by atoms with E-state index in [4.69, 9.17) is 10.2 Å². The van der Waals surface area contributed by atoms with E-state index in [-0.39, 0.29) is 0 Å². The number of carbonyl (C=O) groups is 1. The maximum Gasteiger partial charge on any atom is 0.332 e. The summed E-state index contributed by atoms with van der Waals surface area (Å²) >= 11 is 0. The van der Waals surface area contributed by atoms with Gasteiger partial charge in [0.25, 0.3) is 0 Å². The van der Waals surface area contributed by atoms with Gasteiger partial charge in [0.15, 0.2) is 0 Å². The first-order valence-electron chi connectivity index (χ1n) is 3.54. The number of rotatable bonds is 1. The summed E-state index contributed by atoms with van der Waals surface area (Å²) in [6.45, 7) is 1.20. The van der Waals surface area contributed by atoms with Gasteiger partial charge in [0.1, 0.15) is 6.10 Å². The van der Waals surface area contributed by atoms with Gasteiger partial charge in [0.2, 0.25) is 0 Å². The highest BCUT2D eigenvalue weighted by Gasteiger charge is 2.01. The second-order valence-electron chi connectivity index (χ2n) is 2.00. The van der Waals surface area contributed by atoms with E-state index in [1.54, 1.807) is 6.08 Å². The van der Waals surface area contributed by atoms with E-state index in [0.29, 0.717) is 0 Å². The van der Waals surface area contributed by atoms with Crippen molar-refractivity contribution in [1.29, 1.82) is 0 Å². The first-order chi connectivity index (χ1) is 6.64. The van der Waals surface area contributed by atoms with Gasteiger partial charge >= 0.3 is 5.97 Å². The SMILES string of the molecule is C1=CN=N/N=N\N=C1.CC(O)C(=O)O. The number of nitrogens with zero attached hydrogens (tertiary/aromatic N) is 5. The fourth-order valence-corrected chi connectivity index (χ4v) is 0.239. The minimum Gasteiger partial charge on any atom is -0.479 e. The lowest BCUT2D eigenvalue weighted by Crippen LogP contribution is -2.13. The summed E-state index contributed by atoms with van der Waals surface area (Å²) < 4.78 is 0. The average molecular weight is 199 g/mol. The fourth-order valence-electron chi connectivity index (χ4n) is 0.239. The zero-order valence-corrected chi connectivity index (χ0v) is 7.35. The molecule has 8 heteroatoms. The Hall–Kier alpha value is -1.96. The molecular formula is C6H9N5O3. The monoisotopic (exact) mass is 199 g/mol. The molecule has 14 heavy (non-hydrogen) atoms. The molecule has 1 unspecified atom stereocenters. The van der Waals surface area contributed by atoms with Crippen LogP contribution in [0, 0.1) is 0 Å². The smallest absolute Gasteiger partial charge is 0.332 e. The Morgan fingerprint density at radius 3 is 2.57 bits per heavy atom. The molecule has 0 aromatic rings. The zero-order chi connectivity index (χ0) is 10.8. The molecule has 1 aliphatic rings. The van der Waals surface area contributed by atoms with E-state index in [2.05, 4.69) is 25.9 Å². The van der Waals surface area contributed by atoms with Gasteiger partial charge in [-0.05, 0) is 28.7 Å². The molecule has 0 aliphatic carbocycles. The quantitative estimate of drug-likeness (QED) is 0.648. The third-order valence-electron chi connectivity index (χ3n) is 0.846. The van der Waals surface area contributed by atoms with Gasteiger partial charge < -0.3 is 10.2 Å². The Morgan fingerprint density at radius 1 is 1.36 bits per heavy atom. The second kappa shape index (κ2) is 7.68. The Kier molecular flexibility index (Phi) is 6.60. The molecule has 8 nitrogen and oxygen atoms in total. The maximum atomic E-state index is 9.45. The summed E-state index contributed by atoms with van der Waals surface area (Å²) in [7, 11) is 0. The molecule has 0 radical (unpaired) electrons. The molecule has 1 heterocycles. The molecule has 1 rings (SSSR count). The molecule has 0 fully saturated rings. The molecule has 1 atom stereocenters. The second-order valence-corrected chi connectivity index (χ2v) is 2.00. The predicted molar refractivity (Wildman–Crippen MR) is 46.7 cm³/mol. The number of aliphatic hydroxyl groups is 1. The number of hydrogen-bond acceptors (Lipinski definition) is 7.